The number of benzene rings is 2. The van der Waals surface area contributed by atoms with Crippen molar-refractivity contribution in [1.29, 1.82) is 0 Å². The average Bonchev–Trinajstić information content (AvgIpc) is 3.20. The summed E-state index contributed by atoms with van der Waals surface area (Å²) in [4.78, 5) is 14.0. The van der Waals surface area contributed by atoms with E-state index in [1.165, 1.54) is 17.7 Å². The highest BCUT2D eigenvalue weighted by Crippen LogP contribution is 2.28. The number of carbonyl (C=O) groups excluding carboxylic acids is 1. The number of hydrogen-bond donors (Lipinski definition) is 1. The molecule has 4 nitrogen and oxygen atoms in total. The molecule has 1 atom stereocenters. The third kappa shape index (κ3) is 4.69. The highest BCUT2D eigenvalue weighted by Gasteiger charge is 2.19. The molecule has 3 aromatic rings. The lowest BCUT2D eigenvalue weighted by Gasteiger charge is -2.19. The Morgan fingerprint density at radius 3 is 2.04 bits per heavy atom. The molecule has 28 heavy (non-hydrogen) atoms. The predicted molar refractivity (Wildman–Crippen MR) is 114 cm³/mol. The topological polar surface area (TPSA) is 63.2 Å². The van der Waals surface area contributed by atoms with Gasteiger partial charge in [-0.1, -0.05) is 44.2 Å². The van der Waals surface area contributed by atoms with Crippen molar-refractivity contribution in [2.75, 3.05) is 6.26 Å². The molecule has 0 saturated carbocycles. The Hall–Kier alpha value is -2.44. The molecule has 6 heteroatoms. The van der Waals surface area contributed by atoms with E-state index in [0.717, 1.165) is 16.7 Å². The lowest BCUT2D eigenvalue weighted by atomic mass is 9.98. The molecule has 1 amide bonds. The van der Waals surface area contributed by atoms with Crippen molar-refractivity contribution < 1.29 is 13.2 Å². The molecule has 0 saturated heterocycles. The van der Waals surface area contributed by atoms with Gasteiger partial charge < -0.3 is 5.32 Å². The molecule has 0 fully saturated rings. The molecule has 0 aliphatic carbocycles. The summed E-state index contributed by atoms with van der Waals surface area (Å²) in [5.41, 5.74) is 2.68. The summed E-state index contributed by atoms with van der Waals surface area (Å²) in [5.74, 6) is 0.198. The molecule has 1 aromatic heterocycles. The molecule has 0 aliphatic heterocycles. The lowest BCUT2D eigenvalue weighted by molar-refractivity contribution is 0.0943. The monoisotopic (exact) mass is 413 g/mol. The Balaban J connectivity index is 1.87. The van der Waals surface area contributed by atoms with Gasteiger partial charge in [-0.2, -0.15) is 0 Å². The summed E-state index contributed by atoms with van der Waals surface area (Å²) >= 11 is 1.59. The van der Waals surface area contributed by atoms with Crippen molar-refractivity contribution in [2.45, 2.75) is 30.7 Å². The SMILES string of the molecule is CC(C)c1ccc(C(NC(=O)c2ccc(S(C)(=O)=O)cc2)c2cccs2)cc1. The van der Waals surface area contributed by atoms with Crippen molar-refractivity contribution in [3.63, 3.8) is 0 Å². The first-order valence-electron chi connectivity index (χ1n) is 9.00. The number of rotatable bonds is 6. The van der Waals surface area contributed by atoms with E-state index in [0.29, 0.717) is 11.5 Å². The maximum Gasteiger partial charge on any atom is 0.252 e. The van der Waals surface area contributed by atoms with Crippen molar-refractivity contribution in [3.05, 3.63) is 87.6 Å². The minimum Gasteiger partial charge on any atom is -0.340 e. The predicted octanol–water partition coefficient (Wildman–Crippen LogP) is 4.79. The normalized spacial score (nSPS) is 12.7. The Kier molecular flexibility index (Phi) is 6.01. The van der Waals surface area contributed by atoms with Gasteiger partial charge in [0.15, 0.2) is 9.84 Å². The van der Waals surface area contributed by atoms with Crippen LogP contribution < -0.4 is 5.32 Å². The fourth-order valence-corrected chi connectivity index (χ4v) is 4.35. The van der Waals surface area contributed by atoms with E-state index in [1.54, 1.807) is 23.5 Å². The quantitative estimate of drug-likeness (QED) is 0.632. The lowest BCUT2D eigenvalue weighted by Crippen LogP contribution is -2.28. The molecule has 0 spiro atoms. The van der Waals surface area contributed by atoms with E-state index in [4.69, 9.17) is 0 Å². The zero-order chi connectivity index (χ0) is 20.3. The fourth-order valence-electron chi connectivity index (χ4n) is 2.92. The third-order valence-electron chi connectivity index (χ3n) is 4.58. The summed E-state index contributed by atoms with van der Waals surface area (Å²) < 4.78 is 23.2. The third-order valence-corrected chi connectivity index (χ3v) is 6.65. The Morgan fingerprint density at radius 2 is 1.54 bits per heavy atom. The van der Waals surface area contributed by atoms with E-state index in [2.05, 4.69) is 31.3 Å². The van der Waals surface area contributed by atoms with Crippen molar-refractivity contribution in [3.8, 4) is 0 Å². The highest BCUT2D eigenvalue weighted by atomic mass is 32.2. The number of sulfone groups is 1. The van der Waals surface area contributed by atoms with Crippen LogP contribution in [0.5, 0.6) is 0 Å². The molecule has 0 bridgehead atoms. The maximum atomic E-state index is 12.8. The Morgan fingerprint density at radius 1 is 0.929 bits per heavy atom. The van der Waals surface area contributed by atoms with Gasteiger partial charge in [0.2, 0.25) is 0 Å². The van der Waals surface area contributed by atoms with E-state index in [1.807, 2.05) is 29.6 Å². The summed E-state index contributed by atoms with van der Waals surface area (Å²) in [6, 6.07) is 18.0. The van der Waals surface area contributed by atoms with Crippen molar-refractivity contribution in [1.82, 2.24) is 5.32 Å². The number of amides is 1. The smallest absolute Gasteiger partial charge is 0.252 e. The second-order valence-electron chi connectivity index (χ2n) is 7.04. The maximum absolute atomic E-state index is 12.8. The zero-order valence-corrected chi connectivity index (χ0v) is 17.7. The molecule has 0 aliphatic rings. The second kappa shape index (κ2) is 8.29. The van der Waals surface area contributed by atoms with Gasteiger partial charge in [0, 0.05) is 16.7 Å². The number of thiophene rings is 1. The summed E-state index contributed by atoms with van der Waals surface area (Å²) in [6.45, 7) is 4.29. The largest absolute Gasteiger partial charge is 0.340 e. The first-order valence-corrected chi connectivity index (χ1v) is 11.8. The minimum absolute atomic E-state index is 0.197. The van der Waals surface area contributed by atoms with Gasteiger partial charge in [0.05, 0.1) is 10.9 Å². The standard InChI is InChI=1S/C22H23NO3S2/c1-15(2)16-6-8-17(9-7-16)21(20-5-4-14-27-20)23-22(24)18-10-12-19(13-11-18)28(3,25)26/h4-15,21H,1-3H3,(H,23,24). The van der Waals surface area contributed by atoms with Crippen LogP contribution in [-0.2, 0) is 9.84 Å². The highest BCUT2D eigenvalue weighted by molar-refractivity contribution is 7.90. The van der Waals surface area contributed by atoms with E-state index < -0.39 is 9.84 Å². The molecule has 1 unspecified atom stereocenters. The first kappa shape index (κ1) is 20.3. The van der Waals surface area contributed by atoms with Crippen LogP contribution in [0.15, 0.2) is 70.9 Å². The van der Waals surface area contributed by atoms with Crippen molar-refractivity contribution >= 4 is 27.1 Å². The molecular weight excluding hydrogens is 390 g/mol. The van der Waals surface area contributed by atoms with Crippen molar-refractivity contribution in [2.24, 2.45) is 0 Å². The molecule has 1 heterocycles. The van der Waals surface area contributed by atoms with Crippen LogP contribution in [0.3, 0.4) is 0 Å². The first-order chi connectivity index (χ1) is 13.3. The van der Waals surface area contributed by atoms with Gasteiger partial charge >= 0.3 is 0 Å². The van der Waals surface area contributed by atoms with Gasteiger partial charge in [0.25, 0.3) is 5.91 Å². The van der Waals surface area contributed by atoms with Gasteiger partial charge in [-0.05, 0) is 52.8 Å². The van der Waals surface area contributed by atoms with Gasteiger partial charge in [-0.25, -0.2) is 8.42 Å². The molecular formula is C22H23NO3S2. The molecule has 1 N–H and O–H groups in total. The minimum atomic E-state index is -3.29. The Bertz CT molecular complexity index is 1040. The van der Waals surface area contributed by atoms with Gasteiger partial charge in [-0.15, -0.1) is 11.3 Å². The molecule has 146 valence electrons. The summed E-state index contributed by atoms with van der Waals surface area (Å²) in [5, 5.41) is 5.06. The van der Waals surface area contributed by atoms with Crippen LogP contribution in [0.4, 0.5) is 0 Å². The fraction of sp³-hybridized carbons (Fsp3) is 0.227. The molecule has 2 aromatic carbocycles. The van der Waals surface area contributed by atoms with E-state index in [9.17, 15) is 13.2 Å². The summed E-state index contributed by atoms with van der Waals surface area (Å²) in [7, 11) is -3.29. The number of nitrogens with one attached hydrogen (secondary N) is 1. The molecule has 3 rings (SSSR count). The van der Waals surface area contributed by atoms with Gasteiger partial charge in [-0.3, -0.25) is 4.79 Å². The van der Waals surface area contributed by atoms with Crippen LogP contribution in [0.25, 0.3) is 0 Å². The average molecular weight is 414 g/mol. The van der Waals surface area contributed by atoms with Crippen LogP contribution in [0.1, 0.15) is 52.2 Å². The van der Waals surface area contributed by atoms with E-state index >= 15 is 0 Å². The van der Waals surface area contributed by atoms with Gasteiger partial charge in [0.1, 0.15) is 0 Å². The van der Waals surface area contributed by atoms with Crippen LogP contribution in [0.2, 0.25) is 0 Å². The Labute approximate surface area is 170 Å². The second-order valence-corrected chi connectivity index (χ2v) is 10.0. The summed E-state index contributed by atoms with van der Waals surface area (Å²) in [6.07, 6.45) is 1.15. The van der Waals surface area contributed by atoms with Crippen LogP contribution >= 0.6 is 11.3 Å². The van der Waals surface area contributed by atoms with E-state index in [-0.39, 0.29) is 16.8 Å². The molecule has 0 radical (unpaired) electrons. The van der Waals surface area contributed by atoms with Crippen LogP contribution in [-0.4, -0.2) is 20.6 Å². The zero-order valence-electron chi connectivity index (χ0n) is 16.0. The number of hydrogen-bond acceptors (Lipinski definition) is 4. The number of carbonyl (C=O) groups is 1. The van der Waals surface area contributed by atoms with Crippen LogP contribution in [0, 0.1) is 0 Å².